The summed E-state index contributed by atoms with van der Waals surface area (Å²) in [5.41, 5.74) is 29.5. The summed E-state index contributed by atoms with van der Waals surface area (Å²) in [4.78, 5) is 40.2. The highest BCUT2D eigenvalue weighted by molar-refractivity contribution is 5.89. The third-order valence-electron chi connectivity index (χ3n) is 7.62. The molecule has 0 aliphatic rings. The average Bonchev–Trinajstić information content (AvgIpc) is 3.11. The van der Waals surface area contributed by atoms with Crippen molar-refractivity contribution in [1.82, 2.24) is 0 Å². The molecule has 0 aliphatic carbocycles. The molecule has 52 heavy (non-hydrogen) atoms. The Morgan fingerprint density at radius 1 is 0.346 bits per heavy atom. The number of anilines is 4. The van der Waals surface area contributed by atoms with Crippen LogP contribution in [0.2, 0.25) is 0 Å². The maximum Gasteiger partial charge on any atom is 0.298 e. The van der Waals surface area contributed by atoms with Crippen molar-refractivity contribution in [2.75, 3.05) is 22.9 Å². The first-order chi connectivity index (χ1) is 24.9. The van der Waals surface area contributed by atoms with Gasteiger partial charge in [-0.15, -0.1) is 0 Å². The monoisotopic (exact) mass is 704 g/mol. The number of nitrogen functional groups attached to an aromatic ring is 4. The van der Waals surface area contributed by atoms with Crippen molar-refractivity contribution in [3.05, 3.63) is 119 Å². The fourth-order valence-corrected chi connectivity index (χ4v) is 4.60. The van der Waals surface area contributed by atoms with E-state index < -0.39 is 0 Å². The highest BCUT2D eigenvalue weighted by atomic mass is 16.5. The highest BCUT2D eigenvalue weighted by Crippen LogP contribution is 2.26. The molecule has 12 nitrogen and oxygen atoms in total. The quantitative estimate of drug-likeness (QED) is 0.0957. The van der Waals surface area contributed by atoms with E-state index in [4.69, 9.17) is 32.4 Å². The van der Waals surface area contributed by atoms with Gasteiger partial charge in [-0.2, -0.15) is 0 Å². The Morgan fingerprint density at radius 3 is 1.17 bits per heavy atom. The minimum Gasteiger partial charge on any atom is -0.429 e. The first kappa shape index (κ1) is 39.4. The zero-order valence-corrected chi connectivity index (χ0v) is 29.1. The van der Waals surface area contributed by atoms with Gasteiger partial charge in [-0.3, -0.25) is 19.2 Å². The van der Waals surface area contributed by atoms with Gasteiger partial charge in [0.2, 0.25) is 0 Å². The van der Waals surface area contributed by atoms with Crippen molar-refractivity contribution < 1.29 is 38.1 Å². The van der Waals surface area contributed by atoms with Gasteiger partial charge in [0.15, 0.2) is 0 Å². The van der Waals surface area contributed by atoms with Crippen molar-refractivity contribution in [2.24, 2.45) is 0 Å². The van der Waals surface area contributed by atoms with Crippen LogP contribution < -0.4 is 41.9 Å². The molecule has 0 atom stereocenters. The second-order valence-corrected chi connectivity index (χ2v) is 11.3. The van der Waals surface area contributed by atoms with Gasteiger partial charge in [0, 0.05) is 28.8 Å². The number of aryl methyl sites for hydroxylation is 4. The number of carbonyl (C=O) groups excluding carboxylic acids is 4. The molecule has 6 rings (SSSR count). The van der Waals surface area contributed by atoms with Gasteiger partial charge in [0.25, 0.3) is 25.9 Å². The molecule has 0 amide bonds. The summed E-state index contributed by atoms with van der Waals surface area (Å²) in [6, 6.07) is 28.8. The van der Waals surface area contributed by atoms with Gasteiger partial charge in [-0.05, 0) is 144 Å². The minimum absolute atomic E-state index is 0.379. The molecule has 0 bridgehead atoms. The molecule has 0 fully saturated rings. The SMILES string of the molecule is Cc1cc(OC=O)ccc1N.Cc1cc2cc(OC=O)ccc2cc1N.Cc1cc2ccc(OC=O)cc2cc1N.Cc1ccc(OC=O)cc1N. The predicted octanol–water partition coefficient (Wildman–Crippen LogP) is 6.76. The predicted molar refractivity (Wildman–Crippen MR) is 204 cm³/mol. The third-order valence-corrected chi connectivity index (χ3v) is 7.62. The smallest absolute Gasteiger partial charge is 0.298 e. The summed E-state index contributed by atoms with van der Waals surface area (Å²) in [5, 5.41) is 4.11. The van der Waals surface area contributed by atoms with Crippen LogP contribution in [0.4, 0.5) is 22.7 Å². The van der Waals surface area contributed by atoms with Crippen molar-refractivity contribution in [2.45, 2.75) is 27.7 Å². The molecule has 0 saturated heterocycles. The Balaban J connectivity index is 0.000000189. The summed E-state index contributed by atoms with van der Waals surface area (Å²) in [5.74, 6) is 2.07. The van der Waals surface area contributed by atoms with Gasteiger partial charge in [0.1, 0.15) is 23.0 Å². The van der Waals surface area contributed by atoms with E-state index in [0.29, 0.717) is 60.3 Å². The van der Waals surface area contributed by atoms with Crippen molar-refractivity contribution in [3.63, 3.8) is 0 Å². The summed E-state index contributed by atoms with van der Waals surface area (Å²) >= 11 is 0. The third kappa shape index (κ3) is 11.5. The zero-order valence-electron chi connectivity index (χ0n) is 29.1. The fraction of sp³-hybridized carbons (Fsp3) is 0.100. The van der Waals surface area contributed by atoms with Crippen LogP contribution in [0.1, 0.15) is 22.3 Å². The lowest BCUT2D eigenvalue weighted by molar-refractivity contribution is -0.121. The van der Waals surface area contributed by atoms with Crippen LogP contribution >= 0.6 is 0 Å². The Bertz CT molecular complexity index is 2030. The van der Waals surface area contributed by atoms with E-state index in [-0.39, 0.29) is 0 Å². The van der Waals surface area contributed by atoms with Crippen LogP contribution in [-0.4, -0.2) is 25.9 Å². The molecule has 6 aromatic carbocycles. The largest absolute Gasteiger partial charge is 0.429 e. The normalized spacial score (nSPS) is 9.77. The molecular formula is C40H40N4O8. The molecule has 0 radical (unpaired) electrons. The average molecular weight is 705 g/mol. The molecule has 268 valence electrons. The first-order valence-electron chi connectivity index (χ1n) is 15.6. The van der Waals surface area contributed by atoms with E-state index in [9.17, 15) is 19.2 Å². The molecular weight excluding hydrogens is 664 g/mol. The van der Waals surface area contributed by atoms with Crippen LogP contribution in [0.15, 0.2) is 97.1 Å². The summed E-state index contributed by atoms with van der Waals surface area (Å²) in [6.07, 6.45) is 0. The molecule has 0 saturated carbocycles. The summed E-state index contributed by atoms with van der Waals surface area (Å²) in [7, 11) is 0. The topological polar surface area (TPSA) is 209 Å². The number of benzene rings is 6. The fourth-order valence-electron chi connectivity index (χ4n) is 4.60. The van der Waals surface area contributed by atoms with Crippen LogP contribution in [0.5, 0.6) is 23.0 Å². The lowest BCUT2D eigenvalue weighted by Crippen LogP contribution is -1.92. The van der Waals surface area contributed by atoms with Crippen LogP contribution in [-0.2, 0) is 19.2 Å². The van der Waals surface area contributed by atoms with Gasteiger partial charge in [-0.25, -0.2) is 0 Å². The second kappa shape index (κ2) is 19.2. The van der Waals surface area contributed by atoms with Crippen LogP contribution in [0, 0.1) is 27.7 Å². The molecule has 0 unspecified atom stereocenters. The molecule has 0 heterocycles. The lowest BCUT2D eigenvalue weighted by atomic mass is 10.1. The summed E-state index contributed by atoms with van der Waals surface area (Å²) < 4.78 is 18.7. The number of fused-ring (bicyclic) bond motifs is 2. The van der Waals surface area contributed by atoms with Gasteiger partial charge in [-0.1, -0.05) is 18.2 Å². The van der Waals surface area contributed by atoms with Gasteiger partial charge >= 0.3 is 0 Å². The molecule has 8 N–H and O–H groups in total. The van der Waals surface area contributed by atoms with Crippen molar-refractivity contribution >= 4 is 70.2 Å². The van der Waals surface area contributed by atoms with E-state index in [1.807, 2.05) is 70.2 Å². The standard InChI is InChI=1S/2C12H11NO2.2C8H9NO2/c1-8-4-10-5-11(15-7-14)3-2-9(10)6-12(8)13;1-8-4-9-2-3-11(15-7-14)5-10(9)6-12(8)13;1-6-4-7(11-5-10)2-3-8(6)9;1-6-2-3-7(11-5-10)4-8(6)9/h2*2-7H,13H2,1H3;2*2-5H,9H2,1H3. The Kier molecular flexibility index (Phi) is 14.5. The number of rotatable bonds is 8. The second-order valence-electron chi connectivity index (χ2n) is 11.3. The maximum atomic E-state index is 10.2. The first-order valence-corrected chi connectivity index (χ1v) is 15.6. The summed E-state index contributed by atoms with van der Waals surface area (Å²) in [6.45, 7) is 9.26. The number of hydrogen-bond donors (Lipinski definition) is 4. The number of ether oxygens (including phenoxy) is 4. The number of nitrogens with two attached hydrogens (primary N) is 4. The maximum absolute atomic E-state index is 10.2. The van der Waals surface area contributed by atoms with E-state index >= 15 is 0 Å². The Morgan fingerprint density at radius 2 is 0.692 bits per heavy atom. The van der Waals surface area contributed by atoms with Crippen molar-refractivity contribution in [1.29, 1.82) is 0 Å². The van der Waals surface area contributed by atoms with Gasteiger partial charge in [0.05, 0.1) is 0 Å². The van der Waals surface area contributed by atoms with E-state index in [0.717, 1.165) is 55.2 Å². The highest BCUT2D eigenvalue weighted by Gasteiger charge is 2.02. The van der Waals surface area contributed by atoms with Crippen LogP contribution in [0.25, 0.3) is 21.5 Å². The number of carbonyl (C=O) groups is 4. The van der Waals surface area contributed by atoms with E-state index in [1.54, 1.807) is 54.6 Å². The van der Waals surface area contributed by atoms with Gasteiger partial charge < -0.3 is 41.9 Å². The minimum atomic E-state index is 0.379. The molecule has 0 aliphatic heterocycles. The molecule has 0 aromatic heterocycles. The van der Waals surface area contributed by atoms with Crippen molar-refractivity contribution in [3.8, 4) is 23.0 Å². The molecule has 12 heteroatoms. The lowest BCUT2D eigenvalue weighted by Gasteiger charge is -2.05. The van der Waals surface area contributed by atoms with E-state index in [2.05, 4.69) is 9.47 Å². The number of hydrogen-bond acceptors (Lipinski definition) is 12. The van der Waals surface area contributed by atoms with Crippen LogP contribution in [0.3, 0.4) is 0 Å². The zero-order chi connectivity index (χ0) is 38.2. The molecule has 6 aromatic rings. The Hall–Kier alpha value is -7.08. The Labute approximate surface area is 300 Å². The molecule has 0 spiro atoms. The van der Waals surface area contributed by atoms with E-state index in [1.165, 1.54) is 0 Å².